The largest absolute Gasteiger partial charge is 0.383 e. The summed E-state index contributed by atoms with van der Waals surface area (Å²) in [5.41, 5.74) is 0.422. The molecule has 1 heterocycles. The second-order valence-corrected chi connectivity index (χ2v) is 8.96. The van der Waals surface area contributed by atoms with Gasteiger partial charge in [-0.2, -0.15) is 4.31 Å². The maximum Gasteiger partial charge on any atom is 0.262 e. The predicted molar refractivity (Wildman–Crippen MR) is 82.5 cm³/mol. The van der Waals surface area contributed by atoms with Gasteiger partial charge in [-0.25, -0.2) is 21.8 Å². The highest BCUT2D eigenvalue weighted by Gasteiger charge is 2.26. The van der Waals surface area contributed by atoms with E-state index in [0.29, 0.717) is 12.2 Å². The van der Waals surface area contributed by atoms with Crippen LogP contribution in [0.25, 0.3) is 0 Å². The van der Waals surface area contributed by atoms with E-state index < -0.39 is 19.9 Å². The molecule has 0 saturated heterocycles. The quantitative estimate of drug-likeness (QED) is 0.746. The van der Waals surface area contributed by atoms with E-state index in [1.54, 1.807) is 12.1 Å². The summed E-state index contributed by atoms with van der Waals surface area (Å²) >= 11 is 0. The van der Waals surface area contributed by atoms with Crippen molar-refractivity contribution in [2.24, 2.45) is 0 Å². The molecule has 0 radical (unpaired) electrons. The number of aromatic nitrogens is 1. The van der Waals surface area contributed by atoms with Crippen molar-refractivity contribution < 1.29 is 16.8 Å². The molecule has 0 bridgehead atoms. The molecule has 0 saturated carbocycles. The molecule has 120 valence electrons. The van der Waals surface area contributed by atoms with Gasteiger partial charge >= 0.3 is 0 Å². The molecular formula is C12H21N3O4S2. The number of rotatable bonds is 8. The fourth-order valence-electron chi connectivity index (χ4n) is 1.55. The highest BCUT2D eigenvalue weighted by molar-refractivity contribution is 7.91. The predicted octanol–water partition coefficient (Wildman–Crippen LogP) is 0.569. The zero-order valence-electron chi connectivity index (χ0n) is 12.4. The van der Waals surface area contributed by atoms with Gasteiger partial charge in [-0.1, -0.05) is 6.92 Å². The van der Waals surface area contributed by atoms with Crippen LogP contribution in [0, 0.1) is 0 Å². The molecule has 0 aliphatic heterocycles. The lowest BCUT2D eigenvalue weighted by atomic mass is 10.4. The maximum atomic E-state index is 12.5. The molecule has 1 aromatic rings. The van der Waals surface area contributed by atoms with E-state index in [-0.39, 0.29) is 17.3 Å². The fraction of sp³-hybridized carbons (Fsp3) is 0.583. The molecule has 0 amide bonds. The molecular weight excluding hydrogens is 314 g/mol. The van der Waals surface area contributed by atoms with Crippen molar-refractivity contribution in [2.45, 2.75) is 18.4 Å². The van der Waals surface area contributed by atoms with E-state index in [4.69, 9.17) is 0 Å². The zero-order chi connectivity index (χ0) is 16.1. The van der Waals surface area contributed by atoms with Crippen molar-refractivity contribution in [3.8, 4) is 0 Å². The maximum absolute atomic E-state index is 12.5. The monoisotopic (exact) mass is 335 g/mol. The minimum Gasteiger partial charge on any atom is -0.383 e. The van der Waals surface area contributed by atoms with Gasteiger partial charge in [0.05, 0.1) is 11.4 Å². The average molecular weight is 335 g/mol. The Morgan fingerprint density at radius 3 is 2.52 bits per heavy atom. The Bertz CT molecular complexity index is 671. The average Bonchev–Trinajstić information content (AvgIpc) is 2.41. The number of pyridine rings is 1. The molecule has 0 unspecified atom stereocenters. The van der Waals surface area contributed by atoms with Crippen molar-refractivity contribution in [2.75, 3.05) is 37.5 Å². The molecule has 0 aliphatic rings. The molecule has 7 nitrogen and oxygen atoms in total. The summed E-state index contributed by atoms with van der Waals surface area (Å²) in [4.78, 5) is 3.93. The minimum atomic E-state index is -3.83. The van der Waals surface area contributed by atoms with Crippen LogP contribution >= 0.6 is 0 Å². The van der Waals surface area contributed by atoms with Crippen LogP contribution < -0.4 is 5.32 Å². The number of anilines is 1. The molecule has 9 heteroatoms. The number of hydrogen-bond acceptors (Lipinski definition) is 6. The second kappa shape index (κ2) is 7.19. The van der Waals surface area contributed by atoms with Crippen LogP contribution in [0.2, 0.25) is 0 Å². The van der Waals surface area contributed by atoms with Gasteiger partial charge in [0.25, 0.3) is 10.0 Å². The lowest BCUT2D eigenvalue weighted by molar-refractivity contribution is 0.482. The normalized spacial score (nSPS) is 12.6. The first kappa shape index (κ1) is 17.9. The van der Waals surface area contributed by atoms with Crippen molar-refractivity contribution in [1.82, 2.24) is 9.29 Å². The Kier molecular flexibility index (Phi) is 6.11. The SMILES string of the molecule is CCCNc1cccnc1S(=O)(=O)N(C)CCS(C)(=O)=O. The van der Waals surface area contributed by atoms with Crippen LogP contribution in [0.5, 0.6) is 0 Å². The Balaban J connectivity index is 3.01. The van der Waals surface area contributed by atoms with Gasteiger partial charge < -0.3 is 5.32 Å². The Morgan fingerprint density at radius 2 is 1.95 bits per heavy atom. The summed E-state index contributed by atoms with van der Waals surface area (Å²) in [7, 11) is -5.71. The minimum absolute atomic E-state index is 0.0885. The summed E-state index contributed by atoms with van der Waals surface area (Å²) < 4.78 is 48.2. The van der Waals surface area contributed by atoms with Crippen LogP contribution in [0.4, 0.5) is 5.69 Å². The third-order valence-electron chi connectivity index (χ3n) is 2.77. The fourth-order valence-corrected chi connectivity index (χ4v) is 3.51. The molecule has 1 N–H and O–H groups in total. The van der Waals surface area contributed by atoms with Crippen molar-refractivity contribution in [3.05, 3.63) is 18.3 Å². The van der Waals surface area contributed by atoms with E-state index in [9.17, 15) is 16.8 Å². The Morgan fingerprint density at radius 1 is 1.29 bits per heavy atom. The summed E-state index contributed by atoms with van der Waals surface area (Å²) in [6, 6.07) is 3.29. The van der Waals surface area contributed by atoms with Gasteiger partial charge in [0.2, 0.25) is 0 Å². The van der Waals surface area contributed by atoms with Crippen molar-refractivity contribution in [1.29, 1.82) is 0 Å². The summed E-state index contributed by atoms with van der Waals surface area (Å²) in [6.45, 7) is 2.49. The first-order chi connectivity index (χ1) is 9.68. The zero-order valence-corrected chi connectivity index (χ0v) is 14.0. The summed E-state index contributed by atoms with van der Waals surface area (Å²) in [5, 5.41) is 2.92. The standard InChI is InChI=1S/C12H21N3O4S2/c1-4-7-13-11-6-5-8-14-12(11)21(18,19)15(2)9-10-20(3,16)17/h5-6,8,13H,4,7,9-10H2,1-3H3. The molecule has 0 fully saturated rings. The molecule has 21 heavy (non-hydrogen) atoms. The van der Waals surface area contributed by atoms with Gasteiger partial charge in [0.1, 0.15) is 9.84 Å². The molecule has 0 atom stereocenters. The highest BCUT2D eigenvalue weighted by atomic mass is 32.2. The van der Waals surface area contributed by atoms with Crippen LogP contribution in [-0.4, -0.2) is 58.3 Å². The smallest absolute Gasteiger partial charge is 0.262 e. The first-order valence-corrected chi connectivity index (χ1v) is 10.0. The lowest BCUT2D eigenvalue weighted by Gasteiger charge is -2.18. The van der Waals surface area contributed by atoms with Crippen molar-refractivity contribution in [3.63, 3.8) is 0 Å². The van der Waals surface area contributed by atoms with Gasteiger partial charge in [0, 0.05) is 32.6 Å². The van der Waals surface area contributed by atoms with Crippen LogP contribution in [0.15, 0.2) is 23.4 Å². The Hall–Kier alpha value is -1.19. The van der Waals surface area contributed by atoms with E-state index in [1.165, 1.54) is 13.2 Å². The molecule has 1 rings (SSSR count). The summed E-state index contributed by atoms with van der Waals surface area (Å²) in [5.74, 6) is -0.229. The lowest BCUT2D eigenvalue weighted by Crippen LogP contribution is -2.32. The van der Waals surface area contributed by atoms with Gasteiger partial charge in [0.15, 0.2) is 5.03 Å². The topological polar surface area (TPSA) is 96.4 Å². The summed E-state index contributed by atoms with van der Waals surface area (Å²) in [6.07, 6.45) is 3.31. The number of hydrogen-bond donors (Lipinski definition) is 1. The molecule has 0 aliphatic carbocycles. The van der Waals surface area contributed by atoms with E-state index in [0.717, 1.165) is 17.0 Å². The third-order valence-corrected chi connectivity index (χ3v) is 5.51. The van der Waals surface area contributed by atoms with E-state index in [1.807, 2.05) is 6.92 Å². The van der Waals surface area contributed by atoms with Gasteiger partial charge in [-0.3, -0.25) is 0 Å². The number of nitrogens with zero attached hydrogens (tertiary/aromatic N) is 2. The molecule has 0 aromatic carbocycles. The van der Waals surface area contributed by atoms with Gasteiger partial charge in [-0.15, -0.1) is 0 Å². The number of nitrogens with one attached hydrogen (secondary N) is 1. The number of sulfone groups is 1. The van der Waals surface area contributed by atoms with Crippen LogP contribution in [0.3, 0.4) is 0 Å². The van der Waals surface area contributed by atoms with E-state index >= 15 is 0 Å². The number of sulfonamides is 1. The second-order valence-electron chi connectivity index (χ2n) is 4.74. The first-order valence-electron chi connectivity index (χ1n) is 6.51. The molecule has 0 spiro atoms. The van der Waals surface area contributed by atoms with Crippen LogP contribution in [-0.2, 0) is 19.9 Å². The van der Waals surface area contributed by atoms with Crippen LogP contribution in [0.1, 0.15) is 13.3 Å². The molecule has 1 aromatic heterocycles. The van der Waals surface area contributed by atoms with E-state index in [2.05, 4.69) is 10.3 Å². The third kappa shape index (κ3) is 5.25. The van der Waals surface area contributed by atoms with Gasteiger partial charge in [-0.05, 0) is 18.6 Å². The van der Waals surface area contributed by atoms with Crippen molar-refractivity contribution >= 4 is 25.5 Å². The highest BCUT2D eigenvalue weighted by Crippen LogP contribution is 2.21. The Labute approximate surface area is 126 Å².